The lowest BCUT2D eigenvalue weighted by Crippen LogP contribution is -1.85. The lowest BCUT2D eigenvalue weighted by molar-refractivity contribution is 1.71. The van der Waals surface area contributed by atoms with Crippen molar-refractivity contribution in [3.8, 4) is 0 Å². The van der Waals surface area contributed by atoms with Crippen molar-refractivity contribution >= 4 is 16.5 Å². The SMILES string of the molecule is Nc1[c]ccc2ccccc12. The summed E-state index contributed by atoms with van der Waals surface area (Å²) < 4.78 is 0. The summed E-state index contributed by atoms with van der Waals surface area (Å²) in [6, 6.07) is 14.8. The van der Waals surface area contributed by atoms with Gasteiger partial charge in [0.1, 0.15) is 0 Å². The van der Waals surface area contributed by atoms with Gasteiger partial charge in [-0.15, -0.1) is 0 Å². The van der Waals surface area contributed by atoms with Gasteiger partial charge in [-0.3, -0.25) is 0 Å². The number of anilines is 1. The zero-order valence-corrected chi connectivity index (χ0v) is 6.04. The molecule has 1 heteroatoms. The highest BCUT2D eigenvalue weighted by molar-refractivity contribution is 5.92. The summed E-state index contributed by atoms with van der Waals surface area (Å²) in [5.41, 5.74) is 6.43. The van der Waals surface area contributed by atoms with Gasteiger partial charge in [-0.2, -0.15) is 0 Å². The first kappa shape index (κ1) is 6.23. The van der Waals surface area contributed by atoms with E-state index < -0.39 is 0 Å². The summed E-state index contributed by atoms with van der Waals surface area (Å²) in [6.45, 7) is 0. The summed E-state index contributed by atoms with van der Waals surface area (Å²) in [5.74, 6) is 0. The Morgan fingerprint density at radius 1 is 1.09 bits per heavy atom. The second-order valence-corrected chi connectivity index (χ2v) is 2.48. The molecule has 0 unspecified atom stereocenters. The van der Waals surface area contributed by atoms with E-state index in [4.69, 9.17) is 5.73 Å². The molecule has 0 saturated carbocycles. The minimum absolute atomic E-state index is 0.725. The molecule has 0 atom stereocenters. The van der Waals surface area contributed by atoms with Gasteiger partial charge in [0.05, 0.1) is 0 Å². The maximum absolute atomic E-state index is 5.70. The fourth-order valence-corrected chi connectivity index (χ4v) is 1.19. The lowest BCUT2D eigenvalue weighted by atomic mass is 10.1. The van der Waals surface area contributed by atoms with E-state index in [1.54, 1.807) is 0 Å². The Labute approximate surface area is 65.5 Å². The van der Waals surface area contributed by atoms with Crippen molar-refractivity contribution in [2.45, 2.75) is 0 Å². The predicted molar refractivity (Wildman–Crippen MR) is 47.2 cm³/mol. The first-order valence-electron chi connectivity index (χ1n) is 3.53. The molecule has 0 amide bonds. The summed E-state index contributed by atoms with van der Waals surface area (Å²) in [4.78, 5) is 0. The van der Waals surface area contributed by atoms with Crippen LogP contribution in [0.4, 0.5) is 5.69 Å². The highest BCUT2D eigenvalue weighted by Gasteiger charge is 1.93. The van der Waals surface area contributed by atoms with E-state index in [-0.39, 0.29) is 0 Å². The Hall–Kier alpha value is -1.50. The summed E-state index contributed by atoms with van der Waals surface area (Å²) in [6.07, 6.45) is 0. The van der Waals surface area contributed by atoms with E-state index in [1.807, 2.05) is 36.4 Å². The first-order chi connectivity index (χ1) is 5.38. The fraction of sp³-hybridized carbons (Fsp3) is 0. The molecule has 0 spiro atoms. The Balaban J connectivity index is 2.91. The number of rotatable bonds is 0. The molecule has 11 heavy (non-hydrogen) atoms. The minimum Gasteiger partial charge on any atom is -0.398 e. The van der Waals surface area contributed by atoms with Crippen LogP contribution in [0, 0.1) is 6.07 Å². The quantitative estimate of drug-likeness (QED) is 0.561. The number of hydrogen-bond donors (Lipinski definition) is 1. The number of hydrogen-bond acceptors (Lipinski definition) is 1. The molecule has 1 nitrogen and oxygen atoms in total. The van der Waals surface area contributed by atoms with Crippen molar-refractivity contribution in [3.05, 3.63) is 42.5 Å². The molecule has 0 aromatic heterocycles. The third-order valence-electron chi connectivity index (χ3n) is 1.75. The largest absolute Gasteiger partial charge is 0.398 e. The molecule has 2 rings (SSSR count). The molecule has 2 aromatic carbocycles. The van der Waals surface area contributed by atoms with Crippen molar-refractivity contribution in [3.63, 3.8) is 0 Å². The highest BCUT2D eigenvalue weighted by atomic mass is 14.5. The number of nitrogens with two attached hydrogens (primary N) is 1. The molecule has 2 aromatic rings. The van der Waals surface area contributed by atoms with Crippen LogP contribution in [0.1, 0.15) is 0 Å². The predicted octanol–water partition coefficient (Wildman–Crippen LogP) is 2.22. The molecule has 53 valence electrons. The van der Waals surface area contributed by atoms with Gasteiger partial charge < -0.3 is 5.73 Å². The molecule has 0 aliphatic carbocycles. The van der Waals surface area contributed by atoms with Crippen molar-refractivity contribution < 1.29 is 0 Å². The van der Waals surface area contributed by atoms with E-state index in [9.17, 15) is 0 Å². The lowest BCUT2D eigenvalue weighted by Gasteiger charge is -1.98. The van der Waals surface area contributed by atoms with Crippen LogP contribution in [-0.4, -0.2) is 0 Å². The molecule has 0 heterocycles. The molecular formula is C10H8N. The van der Waals surface area contributed by atoms with E-state index >= 15 is 0 Å². The normalized spacial score (nSPS) is 10.2. The second-order valence-electron chi connectivity index (χ2n) is 2.48. The molecular weight excluding hydrogens is 134 g/mol. The zero-order chi connectivity index (χ0) is 7.68. The average molecular weight is 142 g/mol. The number of fused-ring (bicyclic) bond motifs is 1. The van der Waals surface area contributed by atoms with Gasteiger partial charge in [0.25, 0.3) is 0 Å². The van der Waals surface area contributed by atoms with E-state index in [2.05, 4.69) is 6.07 Å². The third-order valence-corrected chi connectivity index (χ3v) is 1.75. The second kappa shape index (κ2) is 2.27. The van der Waals surface area contributed by atoms with Gasteiger partial charge in [0, 0.05) is 17.1 Å². The first-order valence-corrected chi connectivity index (χ1v) is 3.53. The third kappa shape index (κ3) is 0.944. The summed E-state index contributed by atoms with van der Waals surface area (Å²) >= 11 is 0. The molecule has 0 fully saturated rings. The van der Waals surface area contributed by atoms with Crippen molar-refractivity contribution in [2.24, 2.45) is 0 Å². The van der Waals surface area contributed by atoms with Crippen LogP contribution in [0.15, 0.2) is 36.4 Å². The Bertz CT molecular complexity index is 374. The van der Waals surface area contributed by atoms with Crippen LogP contribution < -0.4 is 5.73 Å². The van der Waals surface area contributed by atoms with Gasteiger partial charge in [-0.05, 0) is 5.39 Å². The van der Waals surface area contributed by atoms with Gasteiger partial charge in [0.15, 0.2) is 0 Å². The molecule has 0 saturated heterocycles. The monoisotopic (exact) mass is 142 g/mol. The van der Waals surface area contributed by atoms with Crippen molar-refractivity contribution in [1.82, 2.24) is 0 Å². The van der Waals surface area contributed by atoms with Crippen LogP contribution >= 0.6 is 0 Å². The van der Waals surface area contributed by atoms with Gasteiger partial charge in [-0.25, -0.2) is 0 Å². The molecule has 0 bridgehead atoms. The molecule has 2 N–H and O–H groups in total. The molecule has 1 radical (unpaired) electrons. The zero-order valence-electron chi connectivity index (χ0n) is 6.04. The number of benzene rings is 2. The highest BCUT2D eigenvalue weighted by Crippen LogP contribution is 2.18. The Morgan fingerprint density at radius 2 is 1.91 bits per heavy atom. The standard InChI is InChI=1S/C10H8N/c11-10-7-3-5-8-4-1-2-6-9(8)10/h1-6H,11H2. The van der Waals surface area contributed by atoms with E-state index in [1.165, 1.54) is 5.39 Å². The minimum atomic E-state index is 0.725. The van der Waals surface area contributed by atoms with Crippen LogP contribution in [-0.2, 0) is 0 Å². The van der Waals surface area contributed by atoms with Gasteiger partial charge in [-0.1, -0.05) is 36.4 Å². The molecule has 0 aliphatic heterocycles. The molecule has 0 aliphatic rings. The van der Waals surface area contributed by atoms with Gasteiger partial charge >= 0.3 is 0 Å². The van der Waals surface area contributed by atoms with Crippen LogP contribution in [0.2, 0.25) is 0 Å². The fourth-order valence-electron chi connectivity index (χ4n) is 1.19. The summed E-state index contributed by atoms with van der Waals surface area (Å²) in [7, 11) is 0. The van der Waals surface area contributed by atoms with E-state index in [0.29, 0.717) is 0 Å². The topological polar surface area (TPSA) is 26.0 Å². The number of nitrogen functional groups attached to an aromatic ring is 1. The van der Waals surface area contributed by atoms with E-state index in [0.717, 1.165) is 11.1 Å². The Morgan fingerprint density at radius 3 is 2.73 bits per heavy atom. The van der Waals surface area contributed by atoms with Crippen molar-refractivity contribution in [2.75, 3.05) is 5.73 Å². The Kier molecular flexibility index (Phi) is 1.29. The maximum atomic E-state index is 5.70. The van der Waals surface area contributed by atoms with Crippen LogP contribution in [0.5, 0.6) is 0 Å². The summed E-state index contributed by atoms with van der Waals surface area (Å²) in [5, 5.41) is 2.25. The van der Waals surface area contributed by atoms with Crippen LogP contribution in [0.3, 0.4) is 0 Å². The van der Waals surface area contributed by atoms with Crippen molar-refractivity contribution in [1.29, 1.82) is 0 Å². The maximum Gasteiger partial charge on any atom is 0.0474 e. The van der Waals surface area contributed by atoms with Crippen LogP contribution in [0.25, 0.3) is 10.8 Å². The van der Waals surface area contributed by atoms with Gasteiger partial charge in [0.2, 0.25) is 0 Å². The average Bonchev–Trinajstić information content (AvgIpc) is 2.06. The smallest absolute Gasteiger partial charge is 0.0474 e.